The summed E-state index contributed by atoms with van der Waals surface area (Å²) in [7, 11) is -3.81. The summed E-state index contributed by atoms with van der Waals surface area (Å²) in [5, 5.41) is 15.0. The number of benzene rings is 1. The fraction of sp³-hybridized carbons (Fsp3) is 0.556. The third-order valence-electron chi connectivity index (χ3n) is 4.83. The monoisotopic (exact) mass is 423 g/mol. The number of nitrogens with zero attached hydrogens (tertiary/aromatic N) is 5. The average Bonchev–Trinajstić information content (AvgIpc) is 3.11. The van der Waals surface area contributed by atoms with E-state index in [2.05, 4.69) is 10.1 Å². The maximum atomic E-state index is 13.0. The molecule has 3 rings (SSSR count). The van der Waals surface area contributed by atoms with Crippen LogP contribution in [0.2, 0.25) is 0 Å². The van der Waals surface area contributed by atoms with Crippen molar-refractivity contribution in [2.75, 3.05) is 26.2 Å². The van der Waals surface area contributed by atoms with Crippen LogP contribution in [0, 0.1) is 17.0 Å². The standard InChI is InChI=1S/C18H25N5O5S/c1-13-5-6-14(23(24)25)11-15(13)29(26,27)22-9-7-21(8-10-22)12-16-19-17(20-28-16)18(2,3)4/h5-6,11H,7-10,12H2,1-4H3. The van der Waals surface area contributed by atoms with Gasteiger partial charge in [-0.1, -0.05) is 32.0 Å². The molecule has 0 atom stereocenters. The molecule has 0 amide bonds. The number of non-ortho nitro benzene ring substituents is 1. The Morgan fingerprint density at radius 2 is 1.86 bits per heavy atom. The molecule has 1 aromatic carbocycles. The number of aryl methyl sites for hydroxylation is 1. The molecule has 1 fully saturated rings. The molecular weight excluding hydrogens is 398 g/mol. The molecule has 0 spiro atoms. The van der Waals surface area contributed by atoms with Gasteiger partial charge in [-0.2, -0.15) is 9.29 Å². The zero-order valence-electron chi connectivity index (χ0n) is 17.0. The van der Waals surface area contributed by atoms with Gasteiger partial charge in [-0.15, -0.1) is 0 Å². The highest BCUT2D eigenvalue weighted by molar-refractivity contribution is 7.89. The van der Waals surface area contributed by atoms with Gasteiger partial charge < -0.3 is 4.52 Å². The molecule has 0 aliphatic carbocycles. The van der Waals surface area contributed by atoms with Crippen LogP contribution in [-0.2, 0) is 22.0 Å². The van der Waals surface area contributed by atoms with Crippen molar-refractivity contribution in [1.29, 1.82) is 0 Å². The minimum atomic E-state index is -3.81. The molecule has 0 saturated carbocycles. The first-order valence-electron chi connectivity index (χ1n) is 9.29. The van der Waals surface area contributed by atoms with Gasteiger partial charge in [0.15, 0.2) is 5.82 Å². The number of nitro groups is 1. The van der Waals surface area contributed by atoms with E-state index in [-0.39, 0.29) is 29.1 Å². The molecule has 0 N–H and O–H groups in total. The van der Waals surface area contributed by atoms with Gasteiger partial charge in [-0.25, -0.2) is 8.42 Å². The molecule has 158 valence electrons. The minimum Gasteiger partial charge on any atom is -0.338 e. The predicted octanol–water partition coefficient (Wildman–Crippen LogP) is 2.09. The number of aromatic nitrogens is 2. The number of nitro benzene ring substituents is 1. The summed E-state index contributed by atoms with van der Waals surface area (Å²) in [5.41, 5.74) is 0.0440. The summed E-state index contributed by atoms with van der Waals surface area (Å²) in [5.74, 6) is 1.13. The quantitative estimate of drug-likeness (QED) is 0.529. The molecule has 1 saturated heterocycles. The average molecular weight is 423 g/mol. The maximum Gasteiger partial charge on any atom is 0.270 e. The second-order valence-corrected chi connectivity index (χ2v) is 10.1. The van der Waals surface area contributed by atoms with Crippen molar-refractivity contribution in [3.63, 3.8) is 0 Å². The highest BCUT2D eigenvalue weighted by Gasteiger charge is 2.31. The molecule has 0 unspecified atom stereocenters. The Hall–Kier alpha value is -2.37. The molecule has 1 aliphatic heterocycles. The summed E-state index contributed by atoms with van der Waals surface area (Å²) in [6.07, 6.45) is 0. The second kappa shape index (κ2) is 7.81. The highest BCUT2D eigenvalue weighted by atomic mass is 32.2. The van der Waals surface area contributed by atoms with Gasteiger partial charge >= 0.3 is 0 Å². The lowest BCUT2D eigenvalue weighted by molar-refractivity contribution is -0.385. The Labute approximate surface area is 169 Å². The van der Waals surface area contributed by atoms with E-state index in [1.165, 1.54) is 16.4 Å². The Morgan fingerprint density at radius 3 is 2.41 bits per heavy atom. The molecule has 1 aliphatic rings. The summed E-state index contributed by atoms with van der Waals surface area (Å²) in [4.78, 5) is 16.9. The summed E-state index contributed by atoms with van der Waals surface area (Å²) in [6.45, 7) is 9.65. The largest absolute Gasteiger partial charge is 0.338 e. The van der Waals surface area contributed by atoms with Crippen LogP contribution < -0.4 is 0 Å². The number of hydrogen-bond donors (Lipinski definition) is 0. The van der Waals surface area contributed by atoms with Crippen molar-refractivity contribution >= 4 is 15.7 Å². The normalized spacial score (nSPS) is 16.8. The minimum absolute atomic E-state index is 0.0214. The third-order valence-corrected chi connectivity index (χ3v) is 6.87. The van der Waals surface area contributed by atoms with Crippen LogP contribution in [0.3, 0.4) is 0 Å². The van der Waals surface area contributed by atoms with Crippen LogP contribution >= 0.6 is 0 Å². The molecular formula is C18H25N5O5S. The number of sulfonamides is 1. The van der Waals surface area contributed by atoms with E-state index in [4.69, 9.17) is 4.52 Å². The van der Waals surface area contributed by atoms with Gasteiger partial charge in [-0.05, 0) is 12.5 Å². The Bertz CT molecular complexity index is 1000. The first kappa shape index (κ1) is 21.3. The summed E-state index contributed by atoms with van der Waals surface area (Å²) in [6, 6.07) is 3.90. The molecule has 29 heavy (non-hydrogen) atoms. The van der Waals surface area contributed by atoms with Crippen LogP contribution in [0.15, 0.2) is 27.6 Å². The lowest BCUT2D eigenvalue weighted by Crippen LogP contribution is -2.48. The Morgan fingerprint density at radius 1 is 1.21 bits per heavy atom. The van der Waals surface area contributed by atoms with Gasteiger partial charge in [0.05, 0.1) is 16.4 Å². The fourth-order valence-corrected chi connectivity index (χ4v) is 4.73. The van der Waals surface area contributed by atoms with E-state index in [0.717, 1.165) is 6.07 Å². The third kappa shape index (κ3) is 4.62. The first-order chi connectivity index (χ1) is 13.5. The number of piperazine rings is 1. The van der Waals surface area contributed by atoms with Crippen molar-refractivity contribution in [3.8, 4) is 0 Å². The van der Waals surface area contributed by atoms with E-state index in [9.17, 15) is 18.5 Å². The van der Waals surface area contributed by atoms with E-state index in [0.29, 0.717) is 36.9 Å². The summed E-state index contributed by atoms with van der Waals surface area (Å²) >= 11 is 0. The molecule has 2 heterocycles. The van der Waals surface area contributed by atoms with Gasteiger partial charge in [0.1, 0.15) is 0 Å². The van der Waals surface area contributed by atoms with Crippen LogP contribution in [0.1, 0.15) is 38.0 Å². The second-order valence-electron chi connectivity index (χ2n) is 8.15. The predicted molar refractivity (Wildman–Crippen MR) is 105 cm³/mol. The van der Waals surface area contributed by atoms with Crippen molar-refractivity contribution < 1.29 is 17.9 Å². The van der Waals surface area contributed by atoms with Crippen molar-refractivity contribution in [1.82, 2.24) is 19.3 Å². The van der Waals surface area contributed by atoms with Crippen molar-refractivity contribution in [3.05, 3.63) is 45.6 Å². The molecule has 0 bridgehead atoms. The number of rotatable bonds is 5. The van der Waals surface area contributed by atoms with Gasteiger partial charge in [0.2, 0.25) is 15.9 Å². The molecule has 11 heteroatoms. The van der Waals surface area contributed by atoms with Crippen LogP contribution in [0.25, 0.3) is 0 Å². The SMILES string of the molecule is Cc1ccc([N+](=O)[O-])cc1S(=O)(=O)N1CCN(Cc2nc(C(C)(C)C)no2)CC1. The van der Waals surface area contributed by atoms with E-state index in [1.807, 2.05) is 25.7 Å². The topological polar surface area (TPSA) is 123 Å². The highest BCUT2D eigenvalue weighted by Crippen LogP contribution is 2.26. The lowest BCUT2D eigenvalue weighted by atomic mass is 9.96. The van der Waals surface area contributed by atoms with Gasteiger partial charge in [0, 0.05) is 43.7 Å². The first-order valence-corrected chi connectivity index (χ1v) is 10.7. The van der Waals surface area contributed by atoms with Crippen molar-refractivity contribution in [2.45, 2.75) is 44.6 Å². The Kier molecular flexibility index (Phi) is 5.74. The zero-order chi connectivity index (χ0) is 21.4. The van der Waals surface area contributed by atoms with Crippen LogP contribution in [-0.4, -0.2) is 58.9 Å². The summed E-state index contributed by atoms with van der Waals surface area (Å²) < 4.78 is 32.7. The molecule has 10 nitrogen and oxygen atoms in total. The van der Waals surface area contributed by atoms with Crippen LogP contribution in [0.5, 0.6) is 0 Å². The van der Waals surface area contributed by atoms with Gasteiger partial charge in [0.25, 0.3) is 5.69 Å². The lowest BCUT2D eigenvalue weighted by Gasteiger charge is -2.33. The molecule has 0 radical (unpaired) electrons. The van der Waals surface area contributed by atoms with E-state index >= 15 is 0 Å². The maximum absolute atomic E-state index is 13.0. The van der Waals surface area contributed by atoms with Crippen molar-refractivity contribution in [2.24, 2.45) is 0 Å². The van der Waals surface area contributed by atoms with Gasteiger partial charge in [-0.3, -0.25) is 15.0 Å². The van der Waals surface area contributed by atoms with E-state index in [1.54, 1.807) is 6.92 Å². The van der Waals surface area contributed by atoms with Crippen LogP contribution in [0.4, 0.5) is 5.69 Å². The molecule has 2 aromatic rings. The smallest absolute Gasteiger partial charge is 0.270 e. The Balaban J connectivity index is 1.68. The van der Waals surface area contributed by atoms with E-state index < -0.39 is 14.9 Å². The zero-order valence-corrected chi connectivity index (χ0v) is 17.8. The number of hydrogen-bond acceptors (Lipinski definition) is 8. The fourth-order valence-electron chi connectivity index (χ4n) is 3.06. The molecule has 1 aromatic heterocycles.